The zero-order valence-corrected chi connectivity index (χ0v) is 9.89. The van der Waals surface area contributed by atoms with Crippen LogP contribution >= 0.6 is 0 Å². The Morgan fingerprint density at radius 2 is 1.88 bits per heavy atom. The van der Waals surface area contributed by atoms with Gasteiger partial charge in [-0.25, -0.2) is 0 Å². The second kappa shape index (κ2) is 4.87. The summed E-state index contributed by atoms with van der Waals surface area (Å²) in [7, 11) is 0. The number of anilines is 1. The minimum absolute atomic E-state index is 0.254. The van der Waals surface area contributed by atoms with Crippen LogP contribution in [0.3, 0.4) is 0 Å². The Balaban J connectivity index is 2.49. The van der Waals surface area contributed by atoms with Gasteiger partial charge in [-0.2, -0.15) is 0 Å². The van der Waals surface area contributed by atoms with E-state index in [9.17, 15) is 4.79 Å². The normalized spacial score (nSPS) is 10.4. The summed E-state index contributed by atoms with van der Waals surface area (Å²) in [6.45, 7) is 3.03. The maximum absolute atomic E-state index is 11.1. The van der Waals surface area contributed by atoms with Crippen molar-refractivity contribution in [2.45, 2.75) is 6.92 Å². The molecule has 88 valence electrons. The van der Waals surface area contributed by atoms with E-state index in [1.165, 1.54) is 5.39 Å². The number of rotatable bonds is 4. The molecule has 0 fully saturated rings. The Bertz CT molecular complexity index is 531. The molecule has 2 rings (SSSR count). The Morgan fingerprint density at radius 1 is 1.18 bits per heavy atom. The minimum Gasteiger partial charge on any atom is -0.368 e. The summed E-state index contributed by atoms with van der Waals surface area (Å²) >= 11 is 0. The van der Waals surface area contributed by atoms with Crippen LogP contribution < -0.4 is 10.6 Å². The Hall–Kier alpha value is -2.03. The molecule has 0 radical (unpaired) electrons. The molecule has 1 amide bonds. The molecule has 3 nitrogen and oxygen atoms in total. The number of nitrogens with two attached hydrogens (primary N) is 1. The fraction of sp³-hybridized carbons (Fsp3) is 0.214. The van der Waals surface area contributed by atoms with Crippen LogP contribution in [0.15, 0.2) is 42.5 Å². The molecule has 17 heavy (non-hydrogen) atoms. The van der Waals surface area contributed by atoms with E-state index in [2.05, 4.69) is 18.2 Å². The van der Waals surface area contributed by atoms with Crippen molar-refractivity contribution in [2.75, 3.05) is 18.0 Å². The highest BCUT2D eigenvalue weighted by molar-refractivity contribution is 5.95. The average molecular weight is 228 g/mol. The predicted molar refractivity (Wildman–Crippen MR) is 71.0 cm³/mol. The van der Waals surface area contributed by atoms with Crippen molar-refractivity contribution in [2.24, 2.45) is 5.73 Å². The van der Waals surface area contributed by atoms with E-state index in [0.29, 0.717) is 0 Å². The summed E-state index contributed by atoms with van der Waals surface area (Å²) in [5, 5.41) is 2.33. The van der Waals surface area contributed by atoms with Crippen LogP contribution in [0.4, 0.5) is 5.69 Å². The van der Waals surface area contributed by atoms with Crippen molar-refractivity contribution in [3.05, 3.63) is 42.5 Å². The van der Waals surface area contributed by atoms with E-state index in [1.807, 2.05) is 36.1 Å². The largest absolute Gasteiger partial charge is 0.368 e. The van der Waals surface area contributed by atoms with Gasteiger partial charge < -0.3 is 10.6 Å². The summed E-state index contributed by atoms with van der Waals surface area (Å²) in [5.74, 6) is -0.306. The smallest absolute Gasteiger partial charge is 0.236 e. The highest BCUT2D eigenvalue weighted by Gasteiger charge is 2.09. The van der Waals surface area contributed by atoms with Crippen LogP contribution in [0.25, 0.3) is 10.8 Å². The lowest BCUT2D eigenvalue weighted by molar-refractivity contribution is -0.116. The van der Waals surface area contributed by atoms with Crippen LogP contribution in [0.1, 0.15) is 6.92 Å². The summed E-state index contributed by atoms with van der Waals surface area (Å²) in [4.78, 5) is 13.0. The lowest BCUT2D eigenvalue weighted by Crippen LogP contribution is -2.33. The zero-order valence-electron chi connectivity index (χ0n) is 9.89. The van der Waals surface area contributed by atoms with Crippen molar-refractivity contribution >= 4 is 22.4 Å². The molecule has 0 spiro atoms. The number of hydrogen-bond donors (Lipinski definition) is 1. The molecule has 2 aromatic carbocycles. The van der Waals surface area contributed by atoms with E-state index >= 15 is 0 Å². The fourth-order valence-corrected chi connectivity index (χ4v) is 2.04. The number of carbonyl (C=O) groups is 1. The molecule has 0 aliphatic heterocycles. The van der Waals surface area contributed by atoms with Gasteiger partial charge in [0, 0.05) is 17.6 Å². The summed E-state index contributed by atoms with van der Waals surface area (Å²) < 4.78 is 0. The third-order valence-electron chi connectivity index (χ3n) is 2.84. The van der Waals surface area contributed by atoms with Gasteiger partial charge in [-0.05, 0) is 18.4 Å². The quantitative estimate of drug-likeness (QED) is 0.871. The maximum atomic E-state index is 11.1. The molecule has 0 bridgehead atoms. The molecular formula is C14H16N2O. The first-order valence-corrected chi connectivity index (χ1v) is 5.73. The molecule has 0 heterocycles. The molecule has 0 saturated carbocycles. The first kappa shape index (κ1) is 11.5. The molecule has 0 unspecified atom stereocenters. The summed E-state index contributed by atoms with van der Waals surface area (Å²) in [6.07, 6.45) is 0. The Labute approximate surface area is 101 Å². The minimum atomic E-state index is -0.306. The Morgan fingerprint density at radius 3 is 2.59 bits per heavy atom. The van der Waals surface area contributed by atoms with Crippen molar-refractivity contribution in [1.82, 2.24) is 0 Å². The first-order valence-electron chi connectivity index (χ1n) is 5.73. The number of hydrogen-bond acceptors (Lipinski definition) is 2. The van der Waals surface area contributed by atoms with Crippen molar-refractivity contribution in [3.8, 4) is 0 Å². The lowest BCUT2D eigenvalue weighted by atomic mass is 10.1. The number of nitrogens with zero attached hydrogens (tertiary/aromatic N) is 1. The fourth-order valence-electron chi connectivity index (χ4n) is 2.04. The monoisotopic (exact) mass is 228 g/mol. The second-order valence-corrected chi connectivity index (χ2v) is 3.98. The van der Waals surface area contributed by atoms with Gasteiger partial charge in [0.15, 0.2) is 0 Å². The number of benzene rings is 2. The van der Waals surface area contributed by atoms with E-state index in [4.69, 9.17) is 5.73 Å². The van der Waals surface area contributed by atoms with Gasteiger partial charge in [0.1, 0.15) is 0 Å². The number of carbonyl (C=O) groups excluding carboxylic acids is 1. The van der Waals surface area contributed by atoms with Crippen molar-refractivity contribution in [1.29, 1.82) is 0 Å². The standard InChI is InChI=1S/C14H16N2O/c1-2-16(10-14(15)17)13-9-5-7-11-6-3-4-8-12(11)13/h3-9H,2,10H2,1H3,(H2,15,17). The van der Waals surface area contributed by atoms with Crippen molar-refractivity contribution < 1.29 is 4.79 Å². The first-order chi connectivity index (χ1) is 8.22. The van der Waals surface area contributed by atoms with Gasteiger partial charge >= 0.3 is 0 Å². The van der Waals surface area contributed by atoms with E-state index in [0.717, 1.165) is 17.6 Å². The topological polar surface area (TPSA) is 46.3 Å². The maximum Gasteiger partial charge on any atom is 0.236 e. The van der Waals surface area contributed by atoms with Gasteiger partial charge in [0.05, 0.1) is 6.54 Å². The molecule has 2 N–H and O–H groups in total. The summed E-state index contributed by atoms with van der Waals surface area (Å²) in [6, 6.07) is 14.2. The highest BCUT2D eigenvalue weighted by atomic mass is 16.1. The third-order valence-corrected chi connectivity index (χ3v) is 2.84. The number of amides is 1. The van der Waals surface area contributed by atoms with E-state index in [1.54, 1.807) is 0 Å². The van der Waals surface area contributed by atoms with Crippen LogP contribution in [-0.2, 0) is 4.79 Å². The molecule has 2 aromatic rings. The molecule has 0 aliphatic rings. The van der Waals surface area contributed by atoms with Crippen LogP contribution in [0.2, 0.25) is 0 Å². The lowest BCUT2D eigenvalue weighted by Gasteiger charge is -2.23. The number of fused-ring (bicyclic) bond motifs is 1. The summed E-state index contributed by atoms with van der Waals surface area (Å²) in [5.41, 5.74) is 6.33. The molecule has 0 saturated heterocycles. The molecule has 0 aromatic heterocycles. The van der Waals surface area contributed by atoms with Crippen LogP contribution in [-0.4, -0.2) is 19.0 Å². The van der Waals surface area contributed by atoms with Gasteiger partial charge in [-0.3, -0.25) is 4.79 Å². The molecular weight excluding hydrogens is 212 g/mol. The molecule has 0 aliphatic carbocycles. The zero-order chi connectivity index (χ0) is 12.3. The Kier molecular flexibility index (Phi) is 3.28. The molecule has 0 atom stereocenters. The molecule has 3 heteroatoms. The van der Waals surface area contributed by atoms with Gasteiger partial charge in [0.25, 0.3) is 0 Å². The average Bonchev–Trinajstić information content (AvgIpc) is 2.35. The predicted octanol–water partition coefficient (Wildman–Crippen LogP) is 2.15. The van der Waals surface area contributed by atoms with Crippen LogP contribution in [0.5, 0.6) is 0 Å². The van der Waals surface area contributed by atoms with E-state index in [-0.39, 0.29) is 12.5 Å². The van der Waals surface area contributed by atoms with Crippen molar-refractivity contribution in [3.63, 3.8) is 0 Å². The highest BCUT2D eigenvalue weighted by Crippen LogP contribution is 2.26. The van der Waals surface area contributed by atoms with Gasteiger partial charge in [-0.1, -0.05) is 36.4 Å². The third kappa shape index (κ3) is 2.38. The van der Waals surface area contributed by atoms with Crippen LogP contribution in [0, 0.1) is 0 Å². The van der Waals surface area contributed by atoms with Gasteiger partial charge in [0.2, 0.25) is 5.91 Å². The number of primary amides is 1. The van der Waals surface area contributed by atoms with E-state index < -0.39 is 0 Å². The van der Waals surface area contributed by atoms with Gasteiger partial charge in [-0.15, -0.1) is 0 Å². The number of likely N-dealkylation sites (N-methyl/N-ethyl adjacent to an activating group) is 1. The SMILES string of the molecule is CCN(CC(N)=O)c1cccc2ccccc12. The second-order valence-electron chi connectivity index (χ2n) is 3.98.